The normalized spacial score (nSPS) is 11.8. The Kier molecular flexibility index (Phi) is 11.2. The van der Waals surface area contributed by atoms with Gasteiger partial charge in [-0.2, -0.15) is 4.39 Å². The molecule has 1 heterocycles. The van der Waals surface area contributed by atoms with Crippen LogP contribution >= 0.6 is 0 Å². The zero-order valence-corrected chi connectivity index (χ0v) is 21.0. The molecule has 1 atom stereocenters. The number of hydrogen-bond donors (Lipinski definition) is 1. The molecule has 204 valence electrons. The second kappa shape index (κ2) is 14.8. The predicted octanol–water partition coefficient (Wildman–Crippen LogP) is 4.21. The van der Waals surface area contributed by atoms with E-state index in [0.717, 1.165) is 24.0 Å². The van der Waals surface area contributed by atoms with Crippen LogP contribution < -0.4 is 11.2 Å². The van der Waals surface area contributed by atoms with Crippen LogP contribution in [0.2, 0.25) is 0 Å². The molecule has 0 saturated heterocycles. The number of H-pyrrole nitrogens is 1. The van der Waals surface area contributed by atoms with Crippen LogP contribution in [0.5, 0.6) is 0 Å². The summed E-state index contributed by atoms with van der Waals surface area (Å²) in [6.45, 7) is 2.64. The lowest BCUT2D eigenvalue weighted by Gasteiger charge is -2.14. The Labute approximate surface area is 217 Å². The van der Waals surface area contributed by atoms with Crippen LogP contribution in [0, 0.1) is 11.6 Å². The maximum absolute atomic E-state index is 14.6. The van der Waals surface area contributed by atoms with E-state index in [4.69, 9.17) is 14.2 Å². The van der Waals surface area contributed by atoms with Gasteiger partial charge >= 0.3 is 11.8 Å². The Balaban J connectivity index is 1.21. The van der Waals surface area contributed by atoms with E-state index in [1.807, 2.05) is 42.5 Å². The van der Waals surface area contributed by atoms with E-state index in [2.05, 4.69) is 11.7 Å². The van der Waals surface area contributed by atoms with Gasteiger partial charge in [0.15, 0.2) is 6.73 Å². The number of nitrogens with one attached hydrogen (secondary N) is 1. The smallest absolute Gasteiger partial charge is 0.432 e. The minimum absolute atomic E-state index is 0.0924. The van der Waals surface area contributed by atoms with E-state index in [1.54, 1.807) is 11.1 Å². The highest BCUT2D eigenvalue weighted by atomic mass is 19.1. The lowest BCUT2D eigenvalue weighted by molar-refractivity contribution is -0.000518. The van der Waals surface area contributed by atoms with Crippen LogP contribution in [-0.4, -0.2) is 48.7 Å². The molecule has 0 aliphatic heterocycles. The van der Waals surface area contributed by atoms with Crippen LogP contribution in [0.15, 0.2) is 64.3 Å². The van der Waals surface area contributed by atoms with Gasteiger partial charge in [-0.05, 0) is 36.0 Å². The van der Waals surface area contributed by atoms with E-state index in [0.29, 0.717) is 36.1 Å². The molecule has 2 aromatic carbocycles. The Morgan fingerprint density at radius 1 is 0.921 bits per heavy atom. The summed E-state index contributed by atoms with van der Waals surface area (Å²) in [5.41, 5.74) is 0.304. The van der Waals surface area contributed by atoms with Gasteiger partial charge in [0.2, 0.25) is 5.82 Å². The van der Waals surface area contributed by atoms with Crippen LogP contribution in [0.1, 0.15) is 31.2 Å². The summed E-state index contributed by atoms with van der Waals surface area (Å²) in [4.78, 5) is 35.7. The third kappa shape index (κ3) is 8.93. The largest absolute Gasteiger partial charge is 0.510 e. The molecule has 0 amide bonds. The minimum atomic E-state index is -1.18. The molecular weight excluding hydrogens is 502 g/mol. The summed E-state index contributed by atoms with van der Waals surface area (Å²) < 4.78 is 48.7. The highest BCUT2D eigenvalue weighted by Gasteiger charge is 2.11. The lowest BCUT2D eigenvalue weighted by atomic mass is 9.94. The van der Waals surface area contributed by atoms with Gasteiger partial charge in [0.25, 0.3) is 5.56 Å². The van der Waals surface area contributed by atoms with E-state index < -0.39 is 30.0 Å². The Bertz CT molecular complexity index is 1290. The first-order valence-electron chi connectivity index (χ1n) is 12.1. The topological polar surface area (TPSA) is 109 Å². The molecule has 1 aromatic heterocycles. The fraction of sp³-hybridized carbons (Fsp3) is 0.370. The maximum Gasteiger partial charge on any atom is 0.510 e. The number of hydrogen-bond acceptors (Lipinski definition) is 7. The number of nitrogens with zero attached hydrogens (tertiary/aromatic N) is 1. The molecule has 1 unspecified atom stereocenters. The van der Waals surface area contributed by atoms with Crippen molar-refractivity contribution in [1.29, 1.82) is 0 Å². The molecule has 0 fully saturated rings. The second-order valence-electron chi connectivity index (χ2n) is 8.45. The van der Waals surface area contributed by atoms with Gasteiger partial charge in [-0.25, -0.2) is 14.0 Å². The number of ether oxygens (including phenoxy) is 4. The third-order valence-corrected chi connectivity index (χ3v) is 5.68. The number of aromatic nitrogens is 2. The van der Waals surface area contributed by atoms with Gasteiger partial charge < -0.3 is 18.9 Å². The Hall–Kier alpha value is -3.83. The zero-order chi connectivity index (χ0) is 27.3. The van der Waals surface area contributed by atoms with Gasteiger partial charge in [0, 0.05) is 12.2 Å². The predicted molar refractivity (Wildman–Crippen MR) is 135 cm³/mol. The van der Waals surface area contributed by atoms with Crippen molar-refractivity contribution >= 4 is 6.16 Å². The highest BCUT2D eigenvalue weighted by Crippen LogP contribution is 2.28. The SMILES string of the molecule is CC(CCCOCCOCCOC(=O)OCn1cc(F)c(=O)[nH]c1=O)c1ccc(-c2ccccc2)c(F)c1. The third-order valence-electron chi connectivity index (χ3n) is 5.68. The molecule has 0 aliphatic rings. The molecule has 38 heavy (non-hydrogen) atoms. The summed E-state index contributed by atoms with van der Waals surface area (Å²) in [6, 6.07) is 14.8. The van der Waals surface area contributed by atoms with Crippen molar-refractivity contribution in [3.63, 3.8) is 0 Å². The van der Waals surface area contributed by atoms with Gasteiger partial charge in [-0.3, -0.25) is 14.3 Å². The number of carbonyl (C=O) groups excluding carboxylic acids is 1. The summed E-state index contributed by atoms with van der Waals surface area (Å²) in [6.07, 6.45) is 1.20. The molecule has 0 saturated carbocycles. The standard InChI is InChI=1S/C27H30F2N2O7/c1-19(21-9-10-22(23(28)16-21)20-7-3-2-4-8-20)6-5-11-35-12-13-36-14-15-37-27(34)38-18-31-17-24(29)25(32)30-26(31)33/h2-4,7-10,16-17,19H,5-6,11-15,18H2,1H3,(H,30,32,33). The summed E-state index contributed by atoms with van der Waals surface area (Å²) in [7, 11) is 0. The average Bonchev–Trinajstić information content (AvgIpc) is 2.91. The van der Waals surface area contributed by atoms with Gasteiger partial charge in [0.05, 0.1) is 26.0 Å². The number of rotatable bonds is 14. The van der Waals surface area contributed by atoms with Crippen molar-refractivity contribution in [1.82, 2.24) is 9.55 Å². The number of halogens is 2. The van der Waals surface area contributed by atoms with Crippen molar-refractivity contribution in [3.8, 4) is 11.1 Å². The fourth-order valence-electron chi connectivity index (χ4n) is 3.60. The van der Waals surface area contributed by atoms with E-state index in [1.165, 1.54) is 0 Å². The maximum atomic E-state index is 14.6. The van der Waals surface area contributed by atoms with Crippen molar-refractivity contribution in [2.45, 2.75) is 32.4 Å². The molecular formula is C27H30F2N2O7. The second-order valence-corrected chi connectivity index (χ2v) is 8.45. The van der Waals surface area contributed by atoms with Crippen molar-refractivity contribution < 1.29 is 32.5 Å². The van der Waals surface area contributed by atoms with Gasteiger partial charge in [-0.15, -0.1) is 0 Å². The van der Waals surface area contributed by atoms with Gasteiger partial charge in [-0.1, -0.05) is 49.4 Å². The first-order chi connectivity index (χ1) is 18.3. The molecule has 0 radical (unpaired) electrons. The Morgan fingerprint density at radius 2 is 1.63 bits per heavy atom. The van der Waals surface area contributed by atoms with Crippen LogP contribution in [0.4, 0.5) is 13.6 Å². The van der Waals surface area contributed by atoms with Gasteiger partial charge in [0.1, 0.15) is 12.4 Å². The quantitative estimate of drug-likeness (QED) is 0.245. The molecule has 3 aromatic rings. The molecule has 0 bridgehead atoms. The first kappa shape index (κ1) is 28.7. The molecule has 0 aliphatic carbocycles. The Morgan fingerprint density at radius 3 is 2.37 bits per heavy atom. The molecule has 11 heteroatoms. The van der Waals surface area contributed by atoms with Crippen molar-refractivity contribution in [2.75, 3.05) is 33.0 Å². The molecule has 3 rings (SSSR count). The molecule has 0 spiro atoms. The summed E-state index contributed by atoms with van der Waals surface area (Å²) >= 11 is 0. The lowest BCUT2D eigenvalue weighted by Crippen LogP contribution is -2.32. The van der Waals surface area contributed by atoms with Crippen molar-refractivity contribution in [2.24, 2.45) is 0 Å². The van der Waals surface area contributed by atoms with E-state index in [9.17, 15) is 23.2 Å². The van der Waals surface area contributed by atoms with Crippen LogP contribution in [-0.2, 0) is 25.7 Å². The number of aromatic amines is 1. The average molecular weight is 533 g/mol. The van der Waals surface area contributed by atoms with E-state index in [-0.39, 0.29) is 24.9 Å². The van der Waals surface area contributed by atoms with Crippen LogP contribution in [0.25, 0.3) is 11.1 Å². The molecule has 9 nitrogen and oxygen atoms in total. The monoisotopic (exact) mass is 532 g/mol. The fourth-order valence-corrected chi connectivity index (χ4v) is 3.60. The van der Waals surface area contributed by atoms with Crippen molar-refractivity contribution in [3.05, 3.63) is 92.8 Å². The zero-order valence-electron chi connectivity index (χ0n) is 21.0. The van der Waals surface area contributed by atoms with E-state index >= 15 is 0 Å². The summed E-state index contributed by atoms with van der Waals surface area (Å²) in [5, 5.41) is 0. The number of carbonyl (C=O) groups is 1. The minimum Gasteiger partial charge on any atom is -0.432 e. The first-order valence-corrected chi connectivity index (χ1v) is 12.1. The highest BCUT2D eigenvalue weighted by molar-refractivity contribution is 5.64. The molecule has 1 N–H and O–H groups in total. The number of benzene rings is 2. The van der Waals surface area contributed by atoms with Crippen LogP contribution in [0.3, 0.4) is 0 Å². The summed E-state index contributed by atoms with van der Waals surface area (Å²) in [5.74, 6) is -1.23.